The standard InChI is InChI=1S/C13H20O3S/c1-8-12-5-9-2-10-4-11(3-9)7-13(12,6-10)16-17(8,14)15/h8-12H,2-7H2,1H3/t8-,9?,10-,11+,12+,13?/m1/s1. The van der Waals surface area contributed by atoms with Gasteiger partial charge < -0.3 is 0 Å². The maximum absolute atomic E-state index is 12.0. The molecule has 0 N–H and O–H groups in total. The second-order valence-corrected chi connectivity index (χ2v) is 8.80. The average molecular weight is 256 g/mol. The van der Waals surface area contributed by atoms with Gasteiger partial charge in [0.15, 0.2) is 0 Å². The molecule has 1 saturated heterocycles. The van der Waals surface area contributed by atoms with Crippen molar-refractivity contribution in [3.8, 4) is 0 Å². The molecular weight excluding hydrogens is 236 g/mol. The van der Waals surface area contributed by atoms with Crippen LogP contribution < -0.4 is 0 Å². The molecular formula is C13H20O3S. The molecule has 1 spiro atoms. The summed E-state index contributed by atoms with van der Waals surface area (Å²) in [6.07, 6.45) is 7.08. The molecule has 0 aromatic heterocycles. The van der Waals surface area contributed by atoms with E-state index in [4.69, 9.17) is 4.18 Å². The second kappa shape index (κ2) is 3.08. The van der Waals surface area contributed by atoms with Crippen molar-refractivity contribution in [2.75, 3.05) is 0 Å². The van der Waals surface area contributed by atoms with Crippen LogP contribution in [-0.2, 0) is 14.3 Å². The van der Waals surface area contributed by atoms with Crippen LogP contribution in [0, 0.1) is 23.7 Å². The molecule has 4 heteroatoms. The molecule has 3 nitrogen and oxygen atoms in total. The highest BCUT2D eigenvalue weighted by molar-refractivity contribution is 7.87. The summed E-state index contributed by atoms with van der Waals surface area (Å²) in [6.45, 7) is 1.86. The van der Waals surface area contributed by atoms with Crippen molar-refractivity contribution in [1.29, 1.82) is 0 Å². The lowest BCUT2D eigenvalue weighted by atomic mass is 9.65. The predicted octanol–water partition coefficient (Wildman–Crippen LogP) is 2.32. The van der Waals surface area contributed by atoms with Crippen molar-refractivity contribution in [3.63, 3.8) is 0 Å². The summed E-state index contributed by atoms with van der Waals surface area (Å²) in [6, 6.07) is 0. The fourth-order valence-electron chi connectivity index (χ4n) is 5.42. The second-order valence-electron chi connectivity index (χ2n) is 6.90. The lowest BCUT2D eigenvalue weighted by Crippen LogP contribution is -2.43. The Kier molecular flexibility index (Phi) is 1.95. The van der Waals surface area contributed by atoms with Crippen molar-refractivity contribution in [1.82, 2.24) is 0 Å². The summed E-state index contributed by atoms with van der Waals surface area (Å²) in [4.78, 5) is 0. The van der Waals surface area contributed by atoms with Crippen LogP contribution in [0.1, 0.15) is 45.4 Å². The Bertz CT molecular complexity index is 441. The maximum Gasteiger partial charge on any atom is 0.270 e. The first-order chi connectivity index (χ1) is 7.98. The zero-order chi connectivity index (χ0) is 11.8. The largest absolute Gasteiger partial charge is 0.270 e. The smallest absolute Gasteiger partial charge is 0.263 e. The van der Waals surface area contributed by atoms with Gasteiger partial charge in [0.05, 0.1) is 10.9 Å². The summed E-state index contributed by atoms with van der Waals surface area (Å²) in [5, 5.41) is -0.277. The van der Waals surface area contributed by atoms with Crippen molar-refractivity contribution >= 4 is 10.1 Å². The predicted molar refractivity (Wildman–Crippen MR) is 63.9 cm³/mol. The van der Waals surface area contributed by atoms with Gasteiger partial charge in [0.25, 0.3) is 10.1 Å². The minimum Gasteiger partial charge on any atom is -0.263 e. The van der Waals surface area contributed by atoms with Crippen molar-refractivity contribution in [3.05, 3.63) is 0 Å². The third kappa shape index (κ3) is 1.34. The Balaban J connectivity index is 1.83. The van der Waals surface area contributed by atoms with Crippen LogP contribution in [-0.4, -0.2) is 19.3 Å². The van der Waals surface area contributed by atoms with Crippen LogP contribution in [0.25, 0.3) is 0 Å². The molecule has 0 aromatic rings. The maximum atomic E-state index is 12.0. The van der Waals surface area contributed by atoms with Crippen molar-refractivity contribution in [2.45, 2.75) is 56.3 Å². The van der Waals surface area contributed by atoms with E-state index in [0.29, 0.717) is 0 Å². The molecule has 4 bridgehead atoms. The first kappa shape index (κ1) is 10.8. The minimum absolute atomic E-state index is 0.271. The average Bonchev–Trinajstić information content (AvgIpc) is 2.33. The summed E-state index contributed by atoms with van der Waals surface area (Å²) < 4.78 is 29.7. The van der Waals surface area contributed by atoms with Crippen LogP contribution in [0.5, 0.6) is 0 Å². The lowest BCUT2D eigenvalue weighted by Gasteiger charge is -2.43. The quantitative estimate of drug-likeness (QED) is 0.625. The molecule has 4 aliphatic carbocycles. The van der Waals surface area contributed by atoms with E-state index in [1.165, 1.54) is 19.3 Å². The lowest BCUT2D eigenvalue weighted by molar-refractivity contribution is -0.0263. The van der Waals surface area contributed by atoms with Crippen molar-refractivity contribution < 1.29 is 12.6 Å². The molecule has 0 radical (unpaired) electrons. The molecule has 17 heavy (non-hydrogen) atoms. The first-order valence-corrected chi connectivity index (χ1v) is 8.40. The Morgan fingerprint density at radius 2 is 1.59 bits per heavy atom. The van der Waals surface area contributed by atoms with Gasteiger partial charge in [0.2, 0.25) is 0 Å². The third-order valence-corrected chi connectivity index (χ3v) is 7.64. The number of rotatable bonds is 0. The van der Waals surface area contributed by atoms with E-state index in [0.717, 1.165) is 37.0 Å². The van der Waals surface area contributed by atoms with E-state index in [9.17, 15) is 8.42 Å². The highest BCUT2D eigenvalue weighted by Crippen LogP contribution is 2.60. The normalized spacial score (nSPS) is 59.0. The van der Waals surface area contributed by atoms with E-state index < -0.39 is 10.1 Å². The fraction of sp³-hybridized carbons (Fsp3) is 1.00. The zero-order valence-corrected chi connectivity index (χ0v) is 11.1. The summed E-state index contributed by atoms with van der Waals surface area (Å²) >= 11 is 0. The van der Waals surface area contributed by atoms with Gasteiger partial charge in [-0.3, -0.25) is 4.18 Å². The topological polar surface area (TPSA) is 43.4 Å². The van der Waals surface area contributed by atoms with Crippen molar-refractivity contribution in [2.24, 2.45) is 23.7 Å². The molecule has 5 rings (SSSR count). The van der Waals surface area contributed by atoms with E-state index in [1.807, 2.05) is 6.92 Å². The van der Waals surface area contributed by atoms with Gasteiger partial charge in [-0.25, -0.2) is 0 Å². The number of hydrogen-bond donors (Lipinski definition) is 0. The Hall–Kier alpha value is -0.0900. The third-order valence-electron chi connectivity index (χ3n) is 5.84. The van der Waals surface area contributed by atoms with Crippen LogP contribution in [0.15, 0.2) is 0 Å². The zero-order valence-electron chi connectivity index (χ0n) is 10.3. The molecule has 5 aliphatic rings. The Morgan fingerprint density at radius 3 is 2.24 bits per heavy atom. The van der Waals surface area contributed by atoms with Gasteiger partial charge >= 0.3 is 0 Å². The molecule has 5 fully saturated rings. The molecule has 0 aromatic carbocycles. The molecule has 0 amide bonds. The van der Waals surface area contributed by atoms with E-state index in [2.05, 4.69) is 0 Å². The van der Waals surface area contributed by atoms with Crippen LogP contribution in [0.3, 0.4) is 0 Å². The molecule has 4 saturated carbocycles. The van der Waals surface area contributed by atoms with E-state index in [1.54, 1.807) is 0 Å². The van der Waals surface area contributed by atoms with E-state index in [-0.39, 0.29) is 16.8 Å². The summed E-state index contributed by atoms with van der Waals surface area (Å²) in [5.74, 6) is 2.51. The SMILES string of the molecule is C[C@@H]1[C@@H]2CC3C[C@@H]4C[C@H](C3)CC2(C4)OS1(=O)=O. The van der Waals surface area contributed by atoms with Gasteiger partial charge in [-0.1, -0.05) is 0 Å². The monoisotopic (exact) mass is 256 g/mol. The Labute approximate surface area is 103 Å². The molecule has 6 atom stereocenters. The molecule has 96 valence electrons. The summed E-state index contributed by atoms with van der Waals surface area (Å²) in [7, 11) is -3.29. The van der Waals surface area contributed by atoms with Crippen LogP contribution in [0.2, 0.25) is 0 Å². The van der Waals surface area contributed by atoms with Gasteiger partial charge in [-0.05, 0) is 63.2 Å². The van der Waals surface area contributed by atoms with Gasteiger partial charge in [-0.15, -0.1) is 0 Å². The van der Waals surface area contributed by atoms with Gasteiger partial charge in [0, 0.05) is 5.92 Å². The number of hydrogen-bond acceptors (Lipinski definition) is 3. The summed E-state index contributed by atoms with van der Waals surface area (Å²) in [5.41, 5.74) is -0.295. The highest BCUT2D eigenvalue weighted by Gasteiger charge is 2.62. The fourth-order valence-corrected chi connectivity index (χ4v) is 7.06. The molecule has 2 unspecified atom stereocenters. The van der Waals surface area contributed by atoms with Crippen LogP contribution in [0.4, 0.5) is 0 Å². The Morgan fingerprint density at radius 1 is 1.00 bits per heavy atom. The molecule has 1 heterocycles. The first-order valence-electron chi connectivity index (χ1n) is 6.93. The van der Waals surface area contributed by atoms with Gasteiger partial charge in [-0.2, -0.15) is 8.42 Å². The van der Waals surface area contributed by atoms with Gasteiger partial charge in [0.1, 0.15) is 0 Å². The van der Waals surface area contributed by atoms with Crippen LogP contribution >= 0.6 is 0 Å². The minimum atomic E-state index is -3.29. The van der Waals surface area contributed by atoms with E-state index >= 15 is 0 Å². The molecule has 1 aliphatic heterocycles. The highest BCUT2D eigenvalue weighted by atomic mass is 32.2.